The molecule has 1 aliphatic rings. The second kappa shape index (κ2) is 4.53. The van der Waals surface area contributed by atoms with Crippen molar-refractivity contribution in [3.05, 3.63) is 0 Å². The lowest BCUT2D eigenvalue weighted by atomic mass is 10.1. The average Bonchev–Trinajstić information content (AvgIpc) is 2.52. The number of carbonyl (C=O) groups is 3. The van der Waals surface area contributed by atoms with E-state index in [4.69, 9.17) is 4.55 Å². The Kier molecular flexibility index (Phi) is 3.68. The molecule has 1 saturated heterocycles. The van der Waals surface area contributed by atoms with E-state index in [9.17, 15) is 22.8 Å². The first-order valence-corrected chi connectivity index (χ1v) is 6.57. The number of hydrogen-bond donors (Lipinski definition) is 1. The molecule has 2 unspecified atom stereocenters. The molecule has 3 amide bonds. The van der Waals surface area contributed by atoms with Gasteiger partial charge in [-0.2, -0.15) is 8.42 Å². The van der Waals surface area contributed by atoms with Crippen LogP contribution in [0.25, 0.3) is 0 Å². The van der Waals surface area contributed by atoms with E-state index >= 15 is 0 Å². The third-order valence-corrected chi connectivity index (χ3v) is 3.81. The maximum absolute atomic E-state index is 11.7. The van der Waals surface area contributed by atoms with Crippen LogP contribution in [0.2, 0.25) is 0 Å². The number of nitrogens with zero attached hydrogens (tertiary/aromatic N) is 1. The first-order chi connectivity index (χ1) is 7.70. The van der Waals surface area contributed by atoms with Crippen LogP contribution in [0.3, 0.4) is 0 Å². The van der Waals surface area contributed by atoms with Crippen molar-refractivity contribution in [3.8, 4) is 0 Å². The predicted molar refractivity (Wildman–Crippen MR) is 56.3 cm³/mol. The van der Waals surface area contributed by atoms with Crippen LogP contribution < -0.4 is 0 Å². The van der Waals surface area contributed by atoms with Crippen molar-refractivity contribution in [2.24, 2.45) is 5.92 Å². The highest BCUT2D eigenvalue weighted by Crippen LogP contribution is 2.21. The van der Waals surface area contributed by atoms with Crippen LogP contribution in [0.4, 0.5) is 0 Å². The summed E-state index contributed by atoms with van der Waals surface area (Å²) in [4.78, 5) is 35.0. The fourth-order valence-electron chi connectivity index (χ4n) is 1.46. The molecule has 8 heteroatoms. The number of carbonyl (C=O) groups excluding carboxylic acids is 3. The van der Waals surface area contributed by atoms with Crippen LogP contribution in [0.1, 0.15) is 26.7 Å². The molecule has 1 heterocycles. The minimum Gasteiger partial charge on any atom is -0.285 e. The van der Waals surface area contributed by atoms with Gasteiger partial charge in [-0.05, 0) is 6.42 Å². The van der Waals surface area contributed by atoms with Crippen molar-refractivity contribution in [2.45, 2.75) is 31.9 Å². The van der Waals surface area contributed by atoms with Gasteiger partial charge in [0.1, 0.15) is 0 Å². The van der Waals surface area contributed by atoms with Crippen LogP contribution in [0, 0.1) is 5.92 Å². The molecule has 96 valence electrons. The maximum atomic E-state index is 11.7. The number of hydrogen-bond acceptors (Lipinski definition) is 5. The molecule has 0 saturated carbocycles. The maximum Gasteiger partial charge on any atom is 0.277 e. The molecular formula is C9H13NO6S. The lowest BCUT2D eigenvalue weighted by Gasteiger charge is -2.16. The largest absolute Gasteiger partial charge is 0.285 e. The van der Waals surface area contributed by atoms with Gasteiger partial charge < -0.3 is 0 Å². The molecule has 7 nitrogen and oxygen atoms in total. The van der Waals surface area contributed by atoms with Crippen LogP contribution in [0.15, 0.2) is 0 Å². The van der Waals surface area contributed by atoms with Crippen molar-refractivity contribution >= 4 is 27.8 Å². The van der Waals surface area contributed by atoms with Gasteiger partial charge in [0, 0.05) is 5.92 Å². The van der Waals surface area contributed by atoms with Gasteiger partial charge >= 0.3 is 0 Å². The zero-order valence-corrected chi connectivity index (χ0v) is 10.2. The molecule has 1 rings (SSSR count). The Morgan fingerprint density at radius 3 is 2.41 bits per heavy atom. The predicted octanol–water partition coefficient (Wildman–Crippen LogP) is -0.426. The van der Waals surface area contributed by atoms with E-state index in [0.29, 0.717) is 11.3 Å². The zero-order valence-electron chi connectivity index (χ0n) is 9.41. The Balaban J connectivity index is 3.02. The van der Waals surface area contributed by atoms with E-state index in [2.05, 4.69) is 0 Å². The monoisotopic (exact) mass is 263 g/mol. The van der Waals surface area contributed by atoms with E-state index in [0.717, 1.165) is 0 Å². The topological polar surface area (TPSA) is 109 Å². The summed E-state index contributed by atoms with van der Waals surface area (Å²) in [5.41, 5.74) is 0. The van der Waals surface area contributed by atoms with Crippen molar-refractivity contribution in [1.29, 1.82) is 0 Å². The molecule has 0 aliphatic carbocycles. The van der Waals surface area contributed by atoms with E-state index in [-0.39, 0.29) is 0 Å². The molecule has 0 bridgehead atoms. The van der Waals surface area contributed by atoms with Gasteiger partial charge in [0.15, 0.2) is 5.25 Å². The Morgan fingerprint density at radius 1 is 1.53 bits per heavy atom. The van der Waals surface area contributed by atoms with E-state index in [1.54, 1.807) is 6.92 Å². The molecular weight excluding hydrogens is 250 g/mol. The zero-order chi connectivity index (χ0) is 13.4. The summed E-state index contributed by atoms with van der Waals surface area (Å²) in [5.74, 6) is -3.33. The number of amides is 3. The van der Waals surface area contributed by atoms with Gasteiger partial charge in [0.2, 0.25) is 11.8 Å². The van der Waals surface area contributed by atoms with E-state index in [1.165, 1.54) is 6.92 Å². The third-order valence-electron chi connectivity index (χ3n) is 2.72. The van der Waals surface area contributed by atoms with Crippen LogP contribution in [-0.4, -0.2) is 40.8 Å². The van der Waals surface area contributed by atoms with Gasteiger partial charge in [-0.1, -0.05) is 13.8 Å². The van der Waals surface area contributed by atoms with Gasteiger partial charge in [0.25, 0.3) is 16.0 Å². The van der Waals surface area contributed by atoms with Crippen molar-refractivity contribution in [1.82, 2.24) is 4.90 Å². The first kappa shape index (κ1) is 13.8. The number of likely N-dealkylation sites (tertiary alicyclic amines) is 1. The molecule has 17 heavy (non-hydrogen) atoms. The van der Waals surface area contributed by atoms with Crippen LogP contribution in [0.5, 0.6) is 0 Å². The standard InChI is InChI=1S/C9H13NO6S/c1-3-5(2)8(12)10-7(11)4-6(9(10)13)17(14,15)16/h5-6H,3-4H2,1-2H3,(H,14,15,16). The Bertz CT molecular complexity index is 468. The quantitative estimate of drug-likeness (QED) is 0.547. The van der Waals surface area contributed by atoms with E-state index < -0.39 is 45.4 Å². The summed E-state index contributed by atoms with van der Waals surface area (Å²) >= 11 is 0. The van der Waals surface area contributed by atoms with Crippen LogP contribution in [-0.2, 0) is 24.5 Å². The summed E-state index contributed by atoms with van der Waals surface area (Å²) < 4.78 is 30.4. The first-order valence-electron chi connectivity index (χ1n) is 5.07. The molecule has 1 aliphatic heterocycles. The molecule has 0 radical (unpaired) electrons. The summed E-state index contributed by atoms with van der Waals surface area (Å²) in [5, 5.41) is -1.84. The molecule has 0 spiro atoms. The van der Waals surface area contributed by atoms with Crippen LogP contribution >= 0.6 is 0 Å². The third kappa shape index (κ3) is 2.52. The highest BCUT2D eigenvalue weighted by Gasteiger charge is 2.49. The molecule has 0 aromatic carbocycles. The fraction of sp³-hybridized carbons (Fsp3) is 0.667. The fourth-order valence-corrected chi connectivity index (χ4v) is 2.18. The highest BCUT2D eigenvalue weighted by molar-refractivity contribution is 7.87. The van der Waals surface area contributed by atoms with Gasteiger partial charge in [-0.3, -0.25) is 18.9 Å². The minimum absolute atomic E-state index is 0.326. The second-order valence-corrected chi connectivity index (χ2v) is 5.52. The summed E-state index contributed by atoms with van der Waals surface area (Å²) in [6, 6.07) is 0. The summed E-state index contributed by atoms with van der Waals surface area (Å²) in [7, 11) is -4.65. The Hall–Kier alpha value is -1.28. The Labute approximate surface area is 98.5 Å². The molecule has 2 atom stereocenters. The molecule has 0 aromatic rings. The molecule has 1 N–H and O–H groups in total. The van der Waals surface area contributed by atoms with Gasteiger partial charge in [-0.25, -0.2) is 4.90 Å². The number of rotatable bonds is 3. The average molecular weight is 263 g/mol. The minimum atomic E-state index is -4.65. The Morgan fingerprint density at radius 2 is 2.06 bits per heavy atom. The smallest absolute Gasteiger partial charge is 0.277 e. The lowest BCUT2D eigenvalue weighted by Crippen LogP contribution is -2.41. The second-order valence-electron chi connectivity index (χ2n) is 3.92. The van der Waals surface area contributed by atoms with Crippen molar-refractivity contribution < 1.29 is 27.4 Å². The van der Waals surface area contributed by atoms with Gasteiger partial charge in [-0.15, -0.1) is 0 Å². The molecule has 1 fully saturated rings. The highest BCUT2D eigenvalue weighted by atomic mass is 32.2. The molecule has 0 aromatic heterocycles. The van der Waals surface area contributed by atoms with Crippen molar-refractivity contribution in [2.75, 3.05) is 0 Å². The normalized spacial score (nSPS) is 23.0. The summed E-state index contributed by atoms with van der Waals surface area (Å²) in [6.45, 7) is 3.23. The summed E-state index contributed by atoms with van der Waals surface area (Å²) in [6.07, 6.45) is -0.258. The SMILES string of the molecule is CCC(C)C(=O)N1C(=O)CC(S(=O)(=O)O)C1=O. The van der Waals surface area contributed by atoms with E-state index in [1.807, 2.05) is 0 Å². The number of imide groups is 3. The lowest BCUT2D eigenvalue weighted by molar-refractivity contribution is -0.151. The van der Waals surface area contributed by atoms with Crippen molar-refractivity contribution in [3.63, 3.8) is 0 Å². The van der Waals surface area contributed by atoms with Gasteiger partial charge in [0.05, 0.1) is 6.42 Å².